The third kappa shape index (κ3) is 4.54. The molecule has 0 saturated carbocycles. The zero-order valence-corrected chi connectivity index (χ0v) is 24.7. The van der Waals surface area contributed by atoms with E-state index in [1.165, 1.54) is 0 Å². The molecule has 0 bridgehead atoms. The van der Waals surface area contributed by atoms with Gasteiger partial charge in [0.15, 0.2) is 5.69 Å². The average molecular weight is 733 g/mol. The van der Waals surface area contributed by atoms with Gasteiger partial charge in [-0.2, -0.15) is 0 Å². The fourth-order valence-electron chi connectivity index (χ4n) is 5.55. The Bertz CT molecular complexity index is 2340. The van der Waals surface area contributed by atoms with E-state index in [4.69, 9.17) is 15.7 Å². The van der Waals surface area contributed by atoms with Crippen LogP contribution in [0.3, 0.4) is 0 Å². The molecule has 5 aromatic carbocycles. The Kier molecular flexibility index (Phi) is 6.70. The van der Waals surface area contributed by atoms with Crippen molar-refractivity contribution in [1.82, 2.24) is 9.97 Å². The summed E-state index contributed by atoms with van der Waals surface area (Å²) < 4.78 is 13.1. The third-order valence-electron chi connectivity index (χ3n) is 7.41. The van der Waals surface area contributed by atoms with Crippen LogP contribution < -0.4 is 4.74 Å². The topological polar surface area (TPSA) is 52.5 Å². The first-order chi connectivity index (χ1) is 20.8. The number of pyridine rings is 2. The summed E-state index contributed by atoms with van der Waals surface area (Å²) in [6.45, 7) is 7.72. The molecule has 0 saturated heterocycles. The number of hydrogen-bond acceptors (Lipinski definition) is 4. The molecule has 3 aromatic heterocycles. The SMILES string of the molecule is [C-]#[N+]c1cc2ccc3c4cc(Oc5[c-]c(-c6ccccn6)ccc5)[c-]c(-c5ccccn5)c4oc3c2c2ccccc12.[Pt+2]. The van der Waals surface area contributed by atoms with Crippen molar-refractivity contribution < 1.29 is 30.2 Å². The molecule has 0 spiro atoms. The van der Waals surface area contributed by atoms with Gasteiger partial charge in [0.2, 0.25) is 0 Å². The summed E-state index contributed by atoms with van der Waals surface area (Å²) in [6, 6.07) is 40.0. The van der Waals surface area contributed by atoms with Gasteiger partial charge >= 0.3 is 21.1 Å². The number of hydrogen-bond donors (Lipinski definition) is 0. The number of rotatable bonds is 4. The summed E-state index contributed by atoms with van der Waals surface area (Å²) in [4.78, 5) is 12.8. The number of nitrogens with zero attached hydrogens (tertiary/aromatic N) is 3. The van der Waals surface area contributed by atoms with Crippen molar-refractivity contribution in [3.63, 3.8) is 0 Å². The van der Waals surface area contributed by atoms with Crippen LogP contribution in [-0.2, 0) is 21.1 Å². The Hall–Kier alpha value is -5.30. The van der Waals surface area contributed by atoms with Crippen LogP contribution in [0.25, 0.3) is 70.8 Å². The summed E-state index contributed by atoms with van der Waals surface area (Å²) in [7, 11) is 0. The number of ether oxygens (including phenoxy) is 1. The van der Waals surface area contributed by atoms with Crippen molar-refractivity contribution in [3.05, 3.63) is 139 Å². The Morgan fingerprint density at radius 2 is 1.42 bits per heavy atom. The molecule has 0 unspecified atom stereocenters. The number of furan rings is 1. The van der Waals surface area contributed by atoms with Gasteiger partial charge in [-0.15, -0.1) is 23.8 Å². The second-order valence-electron chi connectivity index (χ2n) is 9.91. The second-order valence-corrected chi connectivity index (χ2v) is 9.91. The summed E-state index contributed by atoms with van der Waals surface area (Å²) in [5, 5.41) is 5.63. The molecular weight excluding hydrogens is 714 g/mol. The molecule has 204 valence electrons. The summed E-state index contributed by atoms with van der Waals surface area (Å²) in [5.74, 6) is 1.07. The van der Waals surface area contributed by atoms with Crippen molar-refractivity contribution >= 4 is 49.2 Å². The summed E-state index contributed by atoms with van der Waals surface area (Å²) in [5.41, 5.74) is 5.13. The monoisotopic (exact) mass is 732 g/mol. The number of aromatic nitrogens is 2. The fourth-order valence-corrected chi connectivity index (χ4v) is 5.55. The Labute approximate surface area is 261 Å². The van der Waals surface area contributed by atoms with Gasteiger partial charge in [-0.05, 0) is 45.7 Å². The van der Waals surface area contributed by atoms with Gasteiger partial charge in [0.25, 0.3) is 0 Å². The molecular formula is C37H19N3O2Pt. The molecule has 0 N–H and O–H groups in total. The first-order valence-corrected chi connectivity index (χ1v) is 13.4. The molecule has 0 atom stereocenters. The van der Waals surface area contributed by atoms with Crippen LogP contribution >= 0.6 is 0 Å². The Morgan fingerprint density at radius 1 is 0.651 bits per heavy atom. The van der Waals surface area contributed by atoms with E-state index < -0.39 is 0 Å². The molecule has 0 aliphatic carbocycles. The van der Waals surface area contributed by atoms with Crippen LogP contribution in [0, 0.1) is 18.7 Å². The molecule has 6 heteroatoms. The standard InChI is InChI=1S/C37H19N3O2.Pt/c1-38-34-20-24-15-16-29-30-21-26(41-25-10-8-9-23(19-25)32-13-4-6-17-39-32)22-31(33-14-5-7-18-40-33)36(30)42-37(29)35(24)28-12-3-2-11-27(28)34;/h2-18,20-21H;/q-2;+2. The van der Waals surface area contributed by atoms with Crippen molar-refractivity contribution in [2.75, 3.05) is 0 Å². The van der Waals surface area contributed by atoms with Gasteiger partial charge in [0.05, 0.1) is 12.2 Å². The van der Waals surface area contributed by atoms with E-state index in [0.29, 0.717) is 28.3 Å². The van der Waals surface area contributed by atoms with E-state index in [1.54, 1.807) is 12.4 Å². The maximum Gasteiger partial charge on any atom is 2.00 e. The molecule has 8 rings (SSSR count). The Balaban J connectivity index is 0.00000300. The van der Waals surface area contributed by atoms with Crippen LogP contribution in [0.2, 0.25) is 0 Å². The van der Waals surface area contributed by atoms with Crippen molar-refractivity contribution in [2.45, 2.75) is 0 Å². The van der Waals surface area contributed by atoms with E-state index in [0.717, 1.165) is 54.9 Å². The maximum atomic E-state index is 7.72. The minimum absolute atomic E-state index is 0. The molecule has 8 aromatic rings. The first kappa shape index (κ1) is 26.6. The maximum absolute atomic E-state index is 7.72. The minimum atomic E-state index is 0. The van der Waals surface area contributed by atoms with Crippen molar-refractivity contribution in [2.24, 2.45) is 0 Å². The van der Waals surface area contributed by atoms with Gasteiger partial charge in [-0.3, -0.25) is 0 Å². The molecule has 3 heterocycles. The van der Waals surface area contributed by atoms with Crippen LogP contribution in [0.15, 0.2) is 120 Å². The van der Waals surface area contributed by atoms with Crippen LogP contribution in [0.4, 0.5) is 5.69 Å². The molecule has 0 amide bonds. The summed E-state index contributed by atoms with van der Waals surface area (Å²) >= 11 is 0. The smallest absolute Gasteiger partial charge is 0.500 e. The Morgan fingerprint density at radius 3 is 2.19 bits per heavy atom. The zero-order chi connectivity index (χ0) is 28.0. The van der Waals surface area contributed by atoms with Gasteiger partial charge in [0.1, 0.15) is 5.58 Å². The van der Waals surface area contributed by atoms with Gasteiger partial charge < -0.3 is 19.1 Å². The zero-order valence-electron chi connectivity index (χ0n) is 22.4. The van der Waals surface area contributed by atoms with Crippen LogP contribution in [0.1, 0.15) is 0 Å². The van der Waals surface area contributed by atoms with E-state index in [-0.39, 0.29) is 21.1 Å². The molecule has 0 aliphatic heterocycles. The summed E-state index contributed by atoms with van der Waals surface area (Å²) in [6.07, 6.45) is 3.51. The molecule has 0 aliphatic rings. The average Bonchev–Trinajstić information content (AvgIpc) is 3.43. The minimum Gasteiger partial charge on any atom is -0.500 e. The largest absolute Gasteiger partial charge is 2.00 e. The number of benzene rings is 5. The third-order valence-corrected chi connectivity index (χ3v) is 7.41. The van der Waals surface area contributed by atoms with Crippen molar-refractivity contribution in [1.29, 1.82) is 0 Å². The van der Waals surface area contributed by atoms with Crippen LogP contribution in [0.5, 0.6) is 11.5 Å². The van der Waals surface area contributed by atoms with E-state index in [2.05, 4.69) is 33.0 Å². The molecule has 5 nitrogen and oxygen atoms in total. The predicted octanol–water partition coefficient (Wildman–Crippen LogP) is 9.96. The van der Waals surface area contributed by atoms with Gasteiger partial charge in [-0.1, -0.05) is 89.8 Å². The van der Waals surface area contributed by atoms with E-state index in [1.807, 2.05) is 97.1 Å². The van der Waals surface area contributed by atoms with E-state index in [9.17, 15) is 0 Å². The van der Waals surface area contributed by atoms with Crippen molar-refractivity contribution in [3.8, 4) is 34.0 Å². The van der Waals surface area contributed by atoms with E-state index >= 15 is 0 Å². The van der Waals surface area contributed by atoms with Crippen LogP contribution in [-0.4, -0.2) is 9.97 Å². The first-order valence-electron chi connectivity index (χ1n) is 13.4. The quantitative estimate of drug-likeness (QED) is 0.134. The van der Waals surface area contributed by atoms with Gasteiger partial charge in [-0.25, -0.2) is 4.85 Å². The molecule has 0 radical (unpaired) electrons. The molecule has 43 heavy (non-hydrogen) atoms. The predicted molar refractivity (Wildman–Crippen MR) is 166 cm³/mol. The fraction of sp³-hybridized carbons (Fsp3) is 0. The second kappa shape index (κ2) is 10.8. The number of fused-ring (bicyclic) bond motifs is 7. The normalized spacial score (nSPS) is 11.0. The van der Waals surface area contributed by atoms with Gasteiger partial charge in [0, 0.05) is 34.7 Å². The molecule has 0 fully saturated rings.